The van der Waals surface area contributed by atoms with Gasteiger partial charge in [-0.3, -0.25) is 10.1 Å². The molecule has 1 aliphatic heterocycles. The molecule has 0 amide bonds. The number of nitro groups is 1. The van der Waals surface area contributed by atoms with Crippen molar-refractivity contribution in [2.45, 2.75) is 31.7 Å². The maximum absolute atomic E-state index is 10.7. The topological polar surface area (TPSA) is 92.6 Å². The average molecular weight is 265 g/mol. The van der Waals surface area contributed by atoms with Gasteiger partial charge in [0.25, 0.3) is 5.69 Å². The van der Waals surface area contributed by atoms with Gasteiger partial charge in [-0.15, -0.1) is 0 Å². The summed E-state index contributed by atoms with van der Waals surface area (Å²) in [5, 5.41) is 19.8. The van der Waals surface area contributed by atoms with Crippen molar-refractivity contribution in [2.75, 3.05) is 23.8 Å². The van der Waals surface area contributed by atoms with Gasteiger partial charge in [-0.05, 0) is 31.7 Å². The number of piperidine rings is 1. The van der Waals surface area contributed by atoms with Gasteiger partial charge in [0.05, 0.1) is 16.3 Å². The van der Waals surface area contributed by atoms with Crippen molar-refractivity contribution in [1.29, 1.82) is 0 Å². The lowest BCUT2D eigenvalue weighted by molar-refractivity contribution is -0.384. The summed E-state index contributed by atoms with van der Waals surface area (Å²) in [6.07, 6.45) is 3.96. The summed E-state index contributed by atoms with van der Waals surface area (Å²) in [6, 6.07) is 4.86. The van der Waals surface area contributed by atoms with E-state index in [0.29, 0.717) is 12.1 Å². The molecule has 1 aromatic rings. The molecule has 0 spiro atoms. The summed E-state index contributed by atoms with van der Waals surface area (Å²) in [5.41, 5.74) is 7.22. The molecule has 1 aliphatic rings. The molecule has 0 bridgehead atoms. The van der Waals surface area contributed by atoms with Gasteiger partial charge in [0.1, 0.15) is 0 Å². The van der Waals surface area contributed by atoms with Gasteiger partial charge in [-0.2, -0.15) is 0 Å². The highest BCUT2D eigenvalue weighted by Crippen LogP contribution is 2.33. The number of nitrogens with two attached hydrogens (primary N) is 1. The van der Waals surface area contributed by atoms with E-state index in [0.717, 1.165) is 31.5 Å². The SMILES string of the molecule is Nc1cc([N+](=O)[O-])ccc1N1CCCCC1CCO. The molecule has 19 heavy (non-hydrogen) atoms. The Morgan fingerprint density at radius 3 is 2.89 bits per heavy atom. The highest BCUT2D eigenvalue weighted by molar-refractivity contribution is 5.71. The molecule has 1 heterocycles. The van der Waals surface area contributed by atoms with Gasteiger partial charge in [0, 0.05) is 31.3 Å². The second-order valence-corrected chi connectivity index (χ2v) is 4.86. The predicted octanol–water partition coefficient (Wildman–Crippen LogP) is 1.92. The van der Waals surface area contributed by atoms with Crippen LogP contribution in [0.1, 0.15) is 25.7 Å². The van der Waals surface area contributed by atoms with Crippen molar-refractivity contribution >= 4 is 17.1 Å². The van der Waals surface area contributed by atoms with E-state index in [1.165, 1.54) is 12.1 Å². The molecule has 2 rings (SSSR count). The lowest BCUT2D eigenvalue weighted by atomic mass is 9.98. The second kappa shape index (κ2) is 5.88. The molecule has 1 fully saturated rings. The molecule has 1 saturated heterocycles. The van der Waals surface area contributed by atoms with Crippen LogP contribution in [0.15, 0.2) is 18.2 Å². The minimum absolute atomic E-state index is 0.0111. The first-order valence-electron chi connectivity index (χ1n) is 6.55. The number of nitrogens with zero attached hydrogens (tertiary/aromatic N) is 2. The third kappa shape index (κ3) is 2.96. The normalized spacial score (nSPS) is 19.4. The van der Waals surface area contributed by atoms with Crippen LogP contribution in [0.4, 0.5) is 17.1 Å². The first kappa shape index (κ1) is 13.6. The maximum Gasteiger partial charge on any atom is 0.271 e. The molecule has 0 aliphatic carbocycles. The number of nitro benzene ring substituents is 1. The third-order valence-electron chi connectivity index (χ3n) is 3.62. The predicted molar refractivity (Wildman–Crippen MR) is 74.2 cm³/mol. The molecular formula is C13H19N3O3. The number of anilines is 2. The Bertz CT molecular complexity index is 462. The van der Waals surface area contributed by atoms with E-state index < -0.39 is 4.92 Å². The Labute approximate surface area is 112 Å². The van der Waals surface area contributed by atoms with Crippen molar-refractivity contribution in [1.82, 2.24) is 0 Å². The van der Waals surface area contributed by atoms with Crippen LogP contribution in [-0.4, -0.2) is 29.2 Å². The molecule has 0 radical (unpaired) electrons. The Hall–Kier alpha value is -1.82. The largest absolute Gasteiger partial charge is 0.397 e. The number of hydrogen-bond acceptors (Lipinski definition) is 5. The van der Waals surface area contributed by atoms with E-state index in [1.54, 1.807) is 6.07 Å². The fraction of sp³-hybridized carbons (Fsp3) is 0.538. The van der Waals surface area contributed by atoms with E-state index in [-0.39, 0.29) is 18.3 Å². The van der Waals surface area contributed by atoms with Crippen molar-refractivity contribution < 1.29 is 10.0 Å². The minimum atomic E-state index is -0.443. The number of non-ortho nitro benzene ring substituents is 1. The van der Waals surface area contributed by atoms with Gasteiger partial charge in [0.15, 0.2) is 0 Å². The summed E-state index contributed by atoms with van der Waals surface area (Å²) in [4.78, 5) is 12.4. The number of hydrogen-bond donors (Lipinski definition) is 2. The Morgan fingerprint density at radius 1 is 1.47 bits per heavy atom. The molecular weight excluding hydrogens is 246 g/mol. The maximum atomic E-state index is 10.7. The van der Waals surface area contributed by atoms with Crippen molar-refractivity contribution in [3.05, 3.63) is 28.3 Å². The zero-order valence-electron chi connectivity index (χ0n) is 10.8. The van der Waals surface area contributed by atoms with Crippen LogP contribution in [0.25, 0.3) is 0 Å². The molecule has 1 atom stereocenters. The molecule has 1 aromatic carbocycles. The smallest absolute Gasteiger partial charge is 0.271 e. The van der Waals surface area contributed by atoms with Gasteiger partial charge >= 0.3 is 0 Å². The third-order valence-corrected chi connectivity index (χ3v) is 3.62. The van der Waals surface area contributed by atoms with Crippen LogP contribution >= 0.6 is 0 Å². The van der Waals surface area contributed by atoms with Crippen LogP contribution in [0.3, 0.4) is 0 Å². The molecule has 0 saturated carbocycles. The fourth-order valence-electron chi connectivity index (χ4n) is 2.68. The van der Waals surface area contributed by atoms with Crippen LogP contribution < -0.4 is 10.6 Å². The zero-order chi connectivity index (χ0) is 13.8. The number of aliphatic hydroxyl groups is 1. The lowest BCUT2D eigenvalue weighted by Crippen LogP contribution is -2.40. The van der Waals surface area contributed by atoms with Crippen molar-refractivity contribution in [2.24, 2.45) is 0 Å². The Balaban J connectivity index is 2.26. The number of rotatable bonds is 4. The minimum Gasteiger partial charge on any atom is -0.397 e. The monoisotopic (exact) mass is 265 g/mol. The first-order valence-corrected chi connectivity index (χ1v) is 6.55. The van der Waals surface area contributed by atoms with Crippen LogP contribution in [0.5, 0.6) is 0 Å². The highest BCUT2D eigenvalue weighted by atomic mass is 16.6. The van der Waals surface area contributed by atoms with E-state index in [2.05, 4.69) is 4.90 Å². The van der Waals surface area contributed by atoms with E-state index >= 15 is 0 Å². The molecule has 3 N–H and O–H groups in total. The van der Waals surface area contributed by atoms with Crippen LogP contribution in [0, 0.1) is 10.1 Å². The average Bonchev–Trinajstić information content (AvgIpc) is 2.40. The number of aliphatic hydroxyl groups excluding tert-OH is 1. The summed E-state index contributed by atoms with van der Waals surface area (Å²) < 4.78 is 0. The Kier molecular flexibility index (Phi) is 4.21. The van der Waals surface area contributed by atoms with Gasteiger partial charge in [-0.25, -0.2) is 0 Å². The summed E-state index contributed by atoms with van der Waals surface area (Å²) >= 11 is 0. The summed E-state index contributed by atoms with van der Waals surface area (Å²) in [7, 11) is 0. The Morgan fingerprint density at radius 2 is 2.26 bits per heavy atom. The van der Waals surface area contributed by atoms with Gasteiger partial charge < -0.3 is 15.7 Å². The van der Waals surface area contributed by atoms with Gasteiger partial charge in [0.2, 0.25) is 0 Å². The van der Waals surface area contributed by atoms with Crippen LogP contribution in [0.2, 0.25) is 0 Å². The first-order chi connectivity index (χ1) is 9.13. The van der Waals surface area contributed by atoms with Gasteiger partial charge in [-0.1, -0.05) is 0 Å². The standard InChI is InChI=1S/C13H19N3O3/c14-12-9-11(16(18)19)4-5-13(12)15-7-2-1-3-10(15)6-8-17/h4-5,9-10,17H,1-3,6-8,14H2. The van der Waals surface area contributed by atoms with E-state index in [1.807, 2.05) is 0 Å². The number of nitrogen functional groups attached to an aromatic ring is 1. The van der Waals surface area contributed by atoms with E-state index in [4.69, 9.17) is 10.8 Å². The molecule has 0 aromatic heterocycles. The lowest BCUT2D eigenvalue weighted by Gasteiger charge is -2.38. The fourth-order valence-corrected chi connectivity index (χ4v) is 2.68. The van der Waals surface area contributed by atoms with Crippen LogP contribution in [-0.2, 0) is 0 Å². The summed E-state index contributed by atoms with van der Waals surface area (Å²) in [6.45, 7) is 1.03. The molecule has 104 valence electrons. The van der Waals surface area contributed by atoms with Crippen molar-refractivity contribution in [3.8, 4) is 0 Å². The zero-order valence-corrected chi connectivity index (χ0v) is 10.8. The molecule has 1 unspecified atom stereocenters. The van der Waals surface area contributed by atoms with E-state index in [9.17, 15) is 10.1 Å². The number of benzene rings is 1. The quantitative estimate of drug-likeness (QED) is 0.493. The summed E-state index contributed by atoms with van der Waals surface area (Å²) in [5.74, 6) is 0. The van der Waals surface area contributed by atoms with Crippen molar-refractivity contribution in [3.63, 3.8) is 0 Å². The second-order valence-electron chi connectivity index (χ2n) is 4.86. The highest BCUT2D eigenvalue weighted by Gasteiger charge is 2.24. The molecule has 6 nitrogen and oxygen atoms in total. The molecule has 6 heteroatoms.